The summed E-state index contributed by atoms with van der Waals surface area (Å²) < 4.78 is 0. The molecule has 0 saturated carbocycles. The highest BCUT2D eigenvalue weighted by molar-refractivity contribution is 5.83. The fraction of sp³-hybridized carbons (Fsp3) is 0.300. The maximum Gasteiger partial charge on any atom is 0.115 e. The number of nitrogens with zero attached hydrogens (tertiary/aromatic N) is 1. The van der Waals surface area contributed by atoms with Crippen molar-refractivity contribution in [3.05, 3.63) is 35.9 Å². The summed E-state index contributed by atoms with van der Waals surface area (Å²) in [6.07, 6.45) is 0.769. The van der Waals surface area contributed by atoms with Crippen LogP contribution in [-0.2, 0) is 6.42 Å². The molecule has 0 saturated heterocycles. The Balaban J connectivity index is 2.62. The van der Waals surface area contributed by atoms with Crippen molar-refractivity contribution in [1.29, 1.82) is 0 Å². The highest BCUT2D eigenvalue weighted by Crippen LogP contribution is 1.99. The maximum absolute atomic E-state index is 5.33. The van der Waals surface area contributed by atoms with E-state index in [2.05, 4.69) is 22.6 Å². The molecule has 0 fully saturated rings. The number of hydrazine groups is 1. The second kappa shape index (κ2) is 5.32. The molecule has 1 aromatic rings. The topological polar surface area (TPSA) is 50.4 Å². The van der Waals surface area contributed by atoms with Crippen molar-refractivity contribution in [3.63, 3.8) is 0 Å². The van der Waals surface area contributed by atoms with Crippen LogP contribution in [-0.4, -0.2) is 12.4 Å². The van der Waals surface area contributed by atoms with Crippen LogP contribution in [0.4, 0.5) is 0 Å². The van der Waals surface area contributed by atoms with Crippen molar-refractivity contribution in [2.24, 2.45) is 10.8 Å². The van der Waals surface area contributed by atoms with Gasteiger partial charge in [-0.2, -0.15) is 0 Å². The predicted molar refractivity (Wildman–Crippen MR) is 55.4 cm³/mol. The third-order valence-corrected chi connectivity index (χ3v) is 1.73. The Labute approximate surface area is 78.6 Å². The van der Waals surface area contributed by atoms with E-state index in [1.807, 2.05) is 25.1 Å². The summed E-state index contributed by atoms with van der Waals surface area (Å²) in [6, 6.07) is 10.1. The number of benzene rings is 1. The average Bonchev–Trinajstić information content (AvgIpc) is 2.19. The predicted octanol–water partition coefficient (Wildman–Crippen LogP) is 1.11. The lowest BCUT2D eigenvalue weighted by molar-refractivity contribution is 0.958. The van der Waals surface area contributed by atoms with Crippen molar-refractivity contribution in [1.82, 2.24) is 5.43 Å². The first-order valence-corrected chi connectivity index (χ1v) is 4.40. The number of hydrogen-bond acceptors (Lipinski definition) is 2. The van der Waals surface area contributed by atoms with Crippen LogP contribution < -0.4 is 11.3 Å². The summed E-state index contributed by atoms with van der Waals surface area (Å²) in [6.45, 7) is 2.74. The van der Waals surface area contributed by atoms with Gasteiger partial charge in [0.1, 0.15) is 5.84 Å². The van der Waals surface area contributed by atoms with Gasteiger partial charge in [-0.25, -0.2) is 5.84 Å². The van der Waals surface area contributed by atoms with E-state index in [4.69, 9.17) is 5.84 Å². The molecule has 3 heteroatoms. The highest BCUT2D eigenvalue weighted by atomic mass is 15.2. The lowest BCUT2D eigenvalue weighted by Crippen LogP contribution is -2.32. The largest absolute Gasteiger partial charge is 0.312 e. The minimum Gasteiger partial charge on any atom is -0.312 e. The van der Waals surface area contributed by atoms with Gasteiger partial charge in [0, 0.05) is 13.0 Å². The highest BCUT2D eigenvalue weighted by Gasteiger charge is 1.96. The number of hydrogen-bond donors (Lipinski definition) is 2. The van der Waals surface area contributed by atoms with E-state index >= 15 is 0 Å². The van der Waals surface area contributed by atoms with Gasteiger partial charge in [0.05, 0.1) is 0 Å². The van der Waals surface area contributed by atoms with Crippen LogP contribution >= 0.6 is 0 Å². The maximum atomic E-state index is 5.33. The van der Waals surface area contributed by atoms with Gasteiger partial charge in [0.2, 0.25) is 0 Å². The van der Waals surface area contributed by atoms with E-state index in [0.717, 1.165) is 18.8 Å². The molecule has 0 radical (unpaired) electrons. The Morgan fingerprint density at radius 1 is 1.38 bits per heavy atom. The van der Waals surface area contributed by atoms with Gasteiger partial charge in [-0.3, -0.25) is 4.99 Å². The summed E-state index contributed by atoms with van der Waals surface area (Å²) in [5, 5.41) is 0. The fourth-order valence-corrected chi connectivity index (χ4v) is 1.13. The number of amidine groups is 1. The first-order valence-electron chi connectivity index (χ1n) is 4.40. The minimum absolute atomic E-state index is 0.756. The third-order valence-electron chi connectivity index (χ3n) is 1.73. The van der Waals surface area contributed by atoms with Crippen molar-refractivity contribution in [2.45, 2.75) is 13.3 Å². The van der Waals surface area contributed by atoms with Crippen LogP contribution in [0.3, 0.4) is 0 Å². The molecule has 0 heterocycles. The van der Waals surface area contributed by atoms with Gasteiger partial charge in [-0.1, -0.05) is 30.3 Å². The second-order valence-corrected chi connectivity index (χ2v) is 2.73. The Bertz CT molecular complexity index is 267. The fourth-order valence-electron chi connectivity index (χ4n) is 1.13. The van der Waals surface area contributed by atoms with Crippen LogP contribution in [0.15, 0.2) is 35.3 Å². The number of rotatable bonds is 3. The molecule has 0 bridgehead atoms. The van der Waals surface area contributed by atoms with Crippen LogP contribution in [0.5, 0.6) is 0 Å². The zero-order chi connectivity index (χ0) is 9.52. The molecule has 1 rings (SSSR count). The molecule has 1 aromatic carbocycles. The van der Waals surface area contributed by atoms with Gasteiger partial charge >= 0.3 is 0 Å². The van der Waals surface area contributed by atoms with E-state index < -0.39 is 0 Å². The molecule has 0 aliphatic carbocycles. The van der Waals surface area contributed by atoms with E-state index in [0.29, 0.717) is 0 Å². The van der Waals surface area contributed by atoms with Gasteiger partial charge < -0.3 is 5.43 Å². The molecular formula is C10H15N3. The van der Waals surface area contributed by atoms with Gasteiger partial charge in [0.15, 0.2) is 0 Å². The van der Waals surface area contributed by atoms with E-state index in [-0.39, 0.29) is 0 Å². The third kappa shape index (κ3) is 3.25. The summed E-state index contributed by atoms with van der Waals surface area (Å²) in [5.74, 6) is 6.15. The van der Waals surface area contributed by atoms with E-state index in [1.165, 1.54) is 5.56 Å². The molecule has 0 unspecified atom stereocenters. The first-order chi connectivity index (χ1) is 6.36. The monoisotopic (exact) mass is 177 g/mol. The molecule has 13 heavy (non-hydrogen) atoms. The van der Waals surface area contributed by atoms with Crippen molar-refractivity contribution in [3.8, 4) is 0 Å². The van der Waals surface area contributed by atoms with Crippen molar-refractivity contribution >= 4 is 5.84 Å². The van der Waals surface area contributed by atoms with Crippen LogP contribution in [0.2, 0.25) is 0 Å². The quantitative estimate of drug-likeness (QED) is 0.314. The molecule has 0 spiro atoms. The smallest absolute Gasteiger partial charge is 0.115 e. The molecular weight excluding hydrogens is 162 g/mol. The van der Waals surface area contributed by atoms with Gasteiger partial charge in [-0.05, 0) is 12.5 Å². The molecule has 0 aromatic heterocycles. The molecule has 0 aliphatic rings. The zero-order valence-electron chi connectivity index (χ0n) is 7.83. The van der Waals surface area contributed by atoms with Gasteiger partial charge in [-0.15, -0.1) is 0 Å². The SMILES string of the molecule is CCN=C(Cc1ccccc1)NN. The molecule has 3 N–H and O–H groups in total. The number of aliphatic imine (C=N–C) groups is 1. The Hall–Kier alpha value is -1.35. The summed E-state index contributed by atoms with van der Waals surface area (Å²) in [4.78, 5) is 4.22. The van der Waals surface area contributed by atoms with Crippen molar-refractivity contribution in [2.75, 3.05) is 6.54 Å². The minimum atomic E-state index is 0.756. The number of nitrogens with two attached hydrogens (primary N) is 1. The van der Waals surface area contributed by atoms with Crippen molar-refractivity contribution < 1.29 is 0 Å². The Kier molecular flexibility index (Phi) is 3.99. The molecule has 0 atom stereocenters. The number of nitrogens with one attached hydrogen (secondary N) is 1. The molecule has 0 aliphatic heterocycles. The van der Waals surface area contributed by atoms with Crippen LogP contribution in [0, 0.1) is 0 Å². The van der Waals surface area contributed by atoms with E-state index in [1.54, 1.807) is 0 Å². The van der Waals surface area contributed by atoms with Crippen LogP contribution in [0.1, 0.15) is 12.5 Å². The zero-order valence-corrected chi connectivity index (χ0v) is 7.83. The standard InChI is InChI=1S/C10H15N3/c1-2-12-10(13-11)8-9-6-4-3-5-7-9/h3-7H,2,8,11H2,1H3,(H,12,13). The van der Waals surface area contributed by atoms with E-state index in [9.17, 15) is 0 Å². The molecule has 70 valence electrons. The first kappa shape index (κ1) is 9.74. The molecule has 3 nitrogen and oxygen atoms in total. The lowest BCUT2D eigenvalue weighted by atomic mass is 10.1. The molecule has 0 amide bonds. The van der Waals surface area contributed by atoms with Gasteiger partial charge in [0.25, 0.3) is 0 Å². The normalized spacial score (nSPS) is 11.4. The van der Waals surface area contributed by atoms with Crippen LogP contribution in [0.25, 0.3) is 0 Å². The second-order valence-electron chi connectivity index (χ2n) is 2.73. The average molecular weight is 177 g/mol. The Morgan fingerprint density at radius 3 is 2.62 bits per heavy atom. The Morgan fingerprint density at radius 2 is 2.08 bits per heavy atom. The summed E-state index contributed by atoms with van der Waals surface area (Å²) in [7, 11) is 0. The lowest BCUT2D eigenvalue weighted by Gasteiger charge is -2.04. The summed E-state index contributed by atoms with van der Waals surface area (Å²) >= 11 is 0. The summed E-state index contributed by atoms with van der Waals surface area (Å²) in [5.41, 5.74) is 3.82.